The first-order valence-electron chi connectivity index (χ1n) is 9.35. The number of likely N-dealkylation sites (N-methyl/N-ethyl adjacent to an activating group) is 1. The van der Waals surface area contributed by atoms with Crippen LogP contribution in [0.3, 0.4) is 0 Å². The average molecular weight is 370 g/mol. The molecule has 0 bridgehead atoms. The van der Waals surface area contributed by atoms with Gasteiger partial charge in [-0.15, -0.1) is 0 Å². The maximum atomic E-state index is 13.2. The van der Waals surface area contributed by atoms with Crippen molar-refractivity contribution in [2.24, 2.45) is 0 Å². The van der Waals surface area contributed by atoms with Crippen LogP contribution in [0.1, 0.15) is 24.4 Å². The molecule has 2 amide bonds. The SMILES string of the molecule is CN(C)[C@@H](CNC(=O)Nc1ccccc1N1CCCC1)c1ccc(F)cc1. The molecule has 2 aromatic carbocycles. The predicted molar refractivity (Wildman–Crippen MR) is 108 cm³/mol. The Morgan fingerprint density at radius 1 is 1.11 bits per heavy atom. The van der Waals surface area contributed by atoms with E-state index in [0.717, 1.165) is 30.0 Å². The summed E-state index contributed by atoms with van der Waals surface area (Å²) in [5.41, 5.74) is 2.84. The van der Waals surface area contributed by atoms with E-state index in [0.29, 0.717) is 6.54 Å². The highest BCUT2D eigenvalue weighted by Gasteiger charge is 2.18. The fraction of sp³-hybridized carbons (Fsp3) is 0.381. The smallest absolute Gasteiger partial charge is 0.319 e. The normalized spacial score (nSPS) is 15.0. The lowest BCUT2D eigenvalue weighted by atomic mass is 10.1. The molecule has 1 aliphatic heterocycles. The maximum absolute atomic E-state index is 13.2. The third kappa shape index (κ3) is 4.98. The van der Waals surface area contributed by atoms with Gasteiger partial charge in [-0.3, -0.25) is 0 Å². The molecule has 1 saturated heterocycles. The van der Waals surface area contributed by atoms with E-state index in [1.54, 1.807) is 12.1 Å². The lowest BCUT2D eigenvalue weighted by molar-refractivity contribution is 0.243. The molecule has 5 nitrogen and oxygen atoms in total. The quantitative estimate of drug-likeness (QED) is 0.812. The molecule has 0 spiro atoms. The van der Waals surface area contributed by atoms with Gasteiger partial charge in [0, 0.05) is 19.6 Å². The van der Waals surface area contributed by atoms with Gasteiger partial charge in [-0.1, -0.05) is 24.3 Å². The van der Waals surface area contributed by atoms with Crippen LogP contribution in [0.2, 0.25) is 0 Å². The lowest BCUT2D eigenvalue weighted by Crippen LogP contribution is -2.37. The van der Waals surface area contributed by atoms with E-state index in [2.05, 4.69) is 15.5 Å². The molecule has 2 aromatic rings. The van der Waals surface area contributed by atoms with Crippen LogP contribution in [-0.4, -0.2) is 44.7 Å². The van der Waals surface area contributed by atoms with E-state index in [1.807, 2.05) is 43.3 Å². The van der Waals surface area contributed by atoms with Crippen LogP contribution in [0.15, 0.2) is 48.5 Å². The summed E-state index contributed by atoms with van der Waals surface area (Å²) < 4.78 is 13.2. The molecule has 2 N–H and O–H groups in total. The number of benzene rings is 2. The maximum Gasteiger partial charge on any atom is 0.319 e. The van der Waals surface area contributed by atoms with Crippen LogP contribution in [0.4, 0.5) is 20.6 Å². The average Bonchev–Trinajstić information content (AvgIpc) is 3.18. The first-order valence-corrected chi connectivity index (χ1v) is 9.35. The molecule has 27 heavy (non-hydrogen) atoms. The van der Waals surface area contributed by atoms with Gasteiger partial charge in [0.15, 0.2) is 0 Å². The zero-order valence-corrected chi connectivity index (χ0v) is 15.9. The lowest BCUT2D eigenvalue weighted by Gasteiger charge is -2.26. The van der Waals surface area contributed by atoms with Crippen molar-refractivity contribution in [1.29, 1.82) is 0 Å². The van der Waals surface area contributed by atoms with Crippen molar-refractivity contribution in [3.8, 4) is 0 Å². The van der Waals surface area contributed by atoms with Crippen LogP contribution < -0.4 is 15.5 Å². The number of nitrogens with zero attached hydrogens (tertiary/aromatic N) is 2. The fourth-order valence-corrected chi connectivity index (χ4v) is 3.45. The van der Waals surface area contributed by atoms with Gasteiger partial charge in [-0.25, -0.2) is 9.18 Å². The van der Waals surface area contributed by atoms with Crippen molar-refractivity contribution >= 4 is 17.4 Å². The molecule has 1 heterocycles. The Labute approximate surface area is 160 Å². The number of urea groups is 1. The largest absolute Gasteiger partial charge is 0.370 e. The second kappa shape index (κ2) is 8.86. The number of nitrogens with one attached hydrogen (secondary N) is 2. The number of carbonyl (C=O) groups excluding carboxylic acids is 1. The summed E-state index contributed by atoms with van der Waals surface area (Å²) in [7, 11) is 3.88. The van der Waals surface area contributed by atoms with E-state index in [1.165, 1.54) is 25.0 Å². The Kier molecular flexibility index (Phi) is 6.29. The second-order valence-electron chi connectivity index (χ2n) is 7.08. The zero-order valence-electron chi connectivity index (χ0n) is 15.9. The van der Waals surface area contributed by atoms with Crippen molar-refractivity contribution in [3.63, 3.8) is 0 Å². The van der Waals surface area contributed by atoms with Gasteiger partial charge in [-0.05, 0) is 56.8 Å². The van der Waals surface area contributed by atoms with Crippen LogP contribution in [0.25, 0.3) is 0 Å². The van der Waals surface area contributed by atoms with Gasteiger partial charge in [0.2, 0.25) is 0 Å². The number of hydrogen-bond donors (Lipinski definition) is 2. The summed E-state index contributed by atoms with van der Waals surface area (Å²) in [5.74, 6) is -0.263. The number of anilines is 2. The highest BCUT2D eigenvalue weighted by molar-refractivity contribution is 5.93. The van der Waals surface area contributed by atoms with Gasteiger partial charge in [0.1, 0.15) is 5.82 Å². The molecule has 3 rings (SSSR count). The molecule has 0 unspecified atom stereocenters. The van der Waals surface area contributed by atoms with Gasteiger partial charge in [0.25, 0.3) is 0 Å². The summed E-state index contributed by atoms with van der Waals surface area (Å²) in [6, 6.07) is 14.0. The molecule has 0 radical (unpaired) electrons. The minimum Gasteiger partial charge on any atom is -0.370 e. The number of amides is 2. The summed E-state index contributed by atoms with van der Waals surface area (Å²) >= 11 is 0. The van der Waals surface area contributed by atoms with Crippen LogP contribution in [0.5, 0.6) is 0 Å². The predicted octanol–water partition coefficient (Wildman–Crippen LogP) is 3.85. The van der Waals surface area contributed by atoms with Gasteiger partial charge >= 0.3 is 6.03 Å². The third-order valence-electron chi connectivity index (χ3n) is 4.93. The summed E-state index contributed by atoms with van der Waals surface area (Å²) in [6.45, 7) is 2.47. The molecule has 1 aliphatic rings. The Morgan fingerprint density at radius 2 is 1.78 bits per heavy atom. The molecular formula is C21H27FN4O. The number of hydrogen-bond acceptors (Lipinski definition) is 3. The van der Waals surface area contributed by atoms with E-state index < -0.39 is 0 Å². The second-order valence-corrected chi connectivity index (χ2v) is 7.08. The topological polar surface area (TPSA) is 47.6 Å². The molecule has 1 fully saturated rings. The van der Waals surface area contributed by atoms with Gasteiger partial charge in [-0.2, -0.15) is 0 Å². The van der Waals surface area contributed by atoms with Crippen molar-refractivity contribution in [1.82, 2.24) is 10.2 Å². The molecule has 0 aromatic heterocycles. The van der Waals surface area contributed by atoms with Crippen molar-refractivity contribution in [2.45, 2.75) is 18.9 Å². The minimum atomic E-state index is -0.263. The Morgan fingerprint density at radius 3 is 2.44 bits per heavy atom. The summed E-state index contributed by atoms with van der Waals surface area (Å²) in [6.07, 6.45) is 2.37. The van der Waals surface area contributed by atoms with Crippen LogP contribution in [-0.2, 0) is 0 Å². The van der Waals surface area contributed by atoms with Crippen LogP contribution in [0, 0.1) is 5.82 Å². The molecular weight excluding hydrogens is 343 g/mol. The van der Waals surface area contributed by atoms with Gasteiger partial charge < -0.3 is 20.4 Å². The molecule has 0 aliphatic carbocycles. The number of halogens is 1. The standard InChI is InChI=1S/C21H27FN4O/c1-25(2)20(16-9-11-17(22)12-10-16)15-23-21(27)24-18-7-3-4-8-19(18)26-13-5-6-14-26/h3-4,7-12,20H,5-6,13-15H2,1-2H3,(H2,23,24,27)/t20-/m0/s1. The van der Waals surface area contributed by atoms with Gasteiger partial charge in [0.05, 0.1) is 17.4 Å². The molecule has 6 heteroatoms. The highest BCUT2D eigenvalue weighted by atomic mass is 19.1. The van der Waals surface area contributed by atoms with Crippen molar-refractivity contribution < 1.29 is 9.18 Å². The van der Waals surface area contributed by atoms with Crippen LogP contribution >= 0.6 is 0 Å². The summed E-state index contributed by atoms with van der Waals surface area (Å²) in [5, 5.41) is 5.91. The van der Waals surface area contributed by atoms with E-state index in [4.69, 9.17) is 0 Å². The first-order chi connectivity index (χ1) is 13.0. The molecule has 144 valence electrons. The first kappa shape index (κ1) is 19.2. The Balaban J connectivity index is 1.63. The third-order valence-corrected chi connectivity index (χ3v) is 4.93. The highest BCUT2D eigenvalue weighted by Crippen LogP contribution is 2.28. The number of para-hydroxylation sites is 2. The molecule has 1 atom stereocenters. The van der Waals surface area contributed by atoms with E-state index in [-0.39, 0.29) is 17.9 Å². The minimum absolute atomic E-state index is 0.0369. The van der Waals surface area contributed by atoms with Crippen molar-refractivity contribution in [3.05, 3.63) is 59.9 Å². The number of carbonyl (C=O) groups is 1. The fourth-order valence-electron chi connectivity index (χ4n) is 3.45. The van der Waals surface area contributed by atoms with Crippen molar-refractivity contribution in [2.75, 3.05) is 43.9 Å². The monoisotopic (exact) mass is 370 g/mol. The zero-order chi connectivity index (χ0) is 19.2. The summed E-state index contributed by atoms with van der Waals surface area (Å²) in [4.78, 5) is 16.8. The van der Waals surface area contributed by atoms with E-state index >= 15 is 0 Å². The molecule has 0 saturated carbocycles. The Hall–Kier alpha value is -2.60. The Bertz CT molecular complexity index is 757. The number of rotatable bonds is 6. The van der Waals surface area contributed by atoms with E-state index in [9.17, 15) is 9.18 Å².